The third-order valence-electron chi connectivity index (χ3n) is 4.72. The van der Waals surface area contributed by atoms with Gasteiger partial charge in [-0.2, -0.15) is 0 Å². The Morgan fingerprint density at radius 1 is 1.28 bits per heavy atom. The molecule has 1 N–H and O–H groups in total. The average molecular weight is 365 g/mol. The number of carbonyl (C=O) groups excluding carboxylic acids is 2. The van der Waals surface area contributed by atoms with E-state index < -0.39 is 12.1 Å². The molecule has 1 aliphatic rings. The van der Waals surface area contributed by atoms with E-state index in [4.69, 9.17) is 9.47 Å². The average Bonchev–Trinajstić information content (AvgIpc) is 2.62. The van der Waals surface area contributed by atoms with Crippen molar-refractivity contribution in [2.24, 2.45) is 5.92 Å². The first-order valence-corrected chi connectivity index (χ1v) is 9.92. The molecule has 5 nitrogen and oxygen atoms in total. The summed E-state index contributed by atoms with van der Waals surface area (Å²) in [6, 6.07) is 5.45. The van der Waals surface area contributed by atoms with E-state index in [1.807, 2.05) is 12.3 Å². The Hall–Kier alpha value is -1.69. The van der Waals surface area contributed by atoms with Crippen LogP contribution in [0.15, 0.2) is 23.1 Å². The summed E-state index contributed by atoms with van der Waals surface area (Å²) in [5, 5.41) is 3.02. The van der Waals surface area contributed by atoms with E-state index in [1.165, 1.54) is 13.5 Å². The normalized spacial score (nSPS) is 21.3. The summed E-state index contributed by atoms with van der Waals surface area (Å²) >= 11 is 1.56. The summed E-state index contributed by atoms with van der Waals surface area (Å²) in [6.07, 6.45) is 5.56. The second-order valence-electron chi connectivity index (χ2n) is 6.49. The largest absolute Gasteiger partial charge is 0.496 e. The molecule has 2 rings (SSSR count). The van der Waals surface area contributed by atoms with Gasteiger partial charge in [-0.15, -0.1) is 11.8 Å². The molecule has 0 aromatic heterocycles. The third-order valence-corrected chi connectivity index (χ3v) is 5.45. The Labute approximate surface area is 153 Å². The van der Waals surface area contributed by atoms with Crippen LogP contribution in [-0.2, 0) is 9.53 Å². The third kappa shape index (κ3) is 5.14. The monoisotopic (exact) mass is 365 g/mol. The summed E-state index contributed by atoms with van der Waals surface area (Å²) in [6.45, 7) is 3.75. The van der Waals surface area contributed by atoms with Crippen LogP contribution in [0.2, 0.25) is 0 Å². The molecule has 0 bridgehead atoms. The summed E-state index contributed by atoms with van der Waals surface area (Å²) in [7, 11) is 1.51. The van der Waals surface area contributed by atoms with Crippen molar-refractivity contribution in [3.63, 3.8) is 0 Å². The van der Waals surface area contributed by atoms with Gasteiger partial charge in [0.2, 0.25) is 0 Å². The minimum Gasteiger partial charge on any atom is -0.496 e. The molecule has 0 heterocycles. The Balaban J connectivity index is 1.98. The number of amides is 1. The lowest BCUT2D eigenvalue weighted by Gasteiger charge is -2.30. The number of hydrogen-bond donors (Lipinski definition) is 1. The Kier molecular flexibility index (Phi) is 7.17. The van der Waals surface area contributed by atoms with Crippen LogP contribution < -0.4 is 10.1 Å². The number of rotatable bonds is 6. The summed E-state index contributed by atoms with van der Waals surface area (Å²) in [5.41, 5.74) is 0.325. The first kappa shape index (κ1) is 19.6. The lowest BCUT2D eigenvalue weighted by molar-refractivity contribution is -0.130. The number of hydrogen-bond acceptors (Lipinski definition) is 5. The quantitative estimate of drug-likeness (QED) is 0.616. The predicted octanol–water partition coefficient (Wildman–Crippen LogP) is 3.66. The Morgan fingerprint density at radius 2 is 2.00 bits per heavy atom. The van der Waals surface area contributed by atoms with Crippen LogP contribution in [0.1, 0.15) is 49.9 Å². The maximum absolute atomic E-state index is 12.4. The van der Waals surface area contributed by atoms with Crippen LogP contribution in [0.25, 0.3) is 0 Å². The number of nitrogens with one attached hydrogen (secondary N) is 1. The first-order chi connectivity index (χ1) is 12.0. The number of ether oxygens (including phenoxy) is 2. The number of carbonyl (C=O) groups is 2. The van der Waals surface area contributed by atoms with Gasteiger partial charge in [0.05, 0.1) is 7.11 Å². The van der Waals surface area contributed by atoms with Crippen LogP contribution in [0, 0.1) is 5.92 Å². The van der Waals surface area contributed by atoms with Gasteiger partial charge in [0.15, 0.2) is 6.10 Å². The molecule has 0 unspecified atom stereocenters. The number of methoxy groups -OCH3 is 1. The topological polar surface area (TPSA) is 64.6 Å². The molecule has 1 aromatic rings. The molecule has 0 saturated heterocycles. The van der Waals surface area contributed by atoms with E-state index in [-0.39, 0.29) is 11.9 Å². The van der Waals surface area contributed by atoms with Crippen molar-refractivity contribution < 1.29 is 19.1 Å². The molecule has 6 heteroatoms. The molecule has 1 fully saturated rings. The maximum Gasteiger partial charge on any atom is 0.342 e. The highest BCUT2D eigenvalue weighted by atomic mass is 32.2. The van der Waals surface area contributed by atoms with Crippen LogP contribution in [-0.4, -0.2) is 37.4 Å². The summed E-state index contributed by atoms with van der Waals surface area (Å²) in [5.74, 6) is 0.112. The van der Waals surface area contributed by atoms with E-state index >= 15 is 0 Å². The highest BCUT2D eigenvalue weighted by Crippen LogP contribution is 2.26. The highest BCUT2D eigenvalue weighted by molar-refractivity contribution is 7.98. The number of benzene rings is 1. The van der Waals surface area contributed by atoms with Gasteiger partial charge in [0.1, 0.15) is 11.3 Å². The zero-order valence-electron chi connectivity index (χ0n) is 15.3. The van der Waals surface area contributed by atoms with Crippen LogP contribution in [0.3, 0.4) is 0 Å². The fraction of sp³-hybridized carbons (Fsp3) is 0.579. The van der Waals surface area contributed by atoms with Crippen molar-refractivity contribution in [3.05, 3.63) is 23.8 Å². The van der Waals surface area contributed by atoms with Crippen molar-refractivity contribution >= 4 is 23.6 Å². The fourth-order valence-electron chi connectivity index (χ4n) is 3.08. The highest BCUT2D eigenvalue weighted by Gasteiger charge is 2.27. The van der Waals surface area contributed by atoms with Crippen LogP contribution >= 0.6 is 11.8 Å². The number of thioether (sulfide) groups is 1. The molecule has 1 aliphatic carbocycles. The van der Waals surface area contributed by atoms with Crippen molar-refractivity contribution in [1.82, 2.24) is 5.32 Å². The van der Waals surface area contributed by atoms with Gasteiger partial charge in [-0.25, -0.2) is 4.79 Å². The van der Waals surface area contributed by atoms with Gasteiger partial charge < -0.3 is 14.8 Å². The zero-order valence-corrected chi connectivity index (χ0v) is 16.2. The Morgan fingerprint density at radius 3 is 2.64 bits per heavy atom. The van der Waals surface area contributed by atoms with E-state index in [1.54, 1.807) is 30.8 Å². The molecule has 0 spiro atoms. The first-order valence-electron chi connectivity index (χ1n) is 8.69. The molecule has 1 aromatic carbocycles. The lowest BCUT2D eigenvalue weighted by Crippen LogP contribution is -2.46. The fourth-order valence-corrected chi connectivity index (χ4v) is 3.50. The van der Waals surface area contributed by atoms with E-state index in [0.717, 1.165) is 24.2 Å². The van der Waals surface area contributed by atoms with Crippen LogP contribution in [0.4, 0.5) is 0 Å². The van der Waals surface area contributed by atoms with Gasteiger partial charge in [-0.1, -0.05) is 19.8 Å². The molecule has 0 radical (unpaired) electrons. The van der Waals surface area contributed by atoms with Crippen molar-refractivity contribution in [3.8, 4) is 5.75 Å². The standard InChI is InChI=1S/C19H27NO4S/c1-12-7-5-6-8-16(12)20-18(21)13(2)24-19(22)15-10-9-14(25-4)11-17(15)23-3/h9-13,16H,5-8H2,1-4H3,(H,20,21)/t12-,13+,16-/m0/s1. The lowest BCUT2D eigenvalue weighted by atomic mass is 9.86. The second-order valence-corrected chi connectivity index (χ2v) is 7.37. The molecule has 1 amide bonds. The van der Waals surface area contributed by atoms with Gasteiger partial charge in [-0.3, -0.25) is 4.79 Å². The predicted molar refractivity (Wildman–Crippen MR) is 99.2 cm³/mol. The van der Waals surface area contributed by atoms with E-state index in [9.17, 15) is 9.59 Å². The molecule has 25 heavy (non-hydrogen) atoms. The SMILES string of the molecule is COc1cc(SC)ccc1C(=O)O[C@H](C)C(=O)N[C@H]1CCCC[C@@H]1C. The van der Waals surface area contributed by atoms with Crippen molar-refractivity contribution in [2.75, 3.05) is 13.4 Å². The zero-order chi connectivity index (χ0) is 18.4. The molecule has 138 valence electrons. The minimum absolute atomic E-state index is 0.165. The summed E-state index contributed by atoms with van der Waals surface area (Å²) < 4.78 is 10.6. The Bertz CT molecular complexity index is 619. The van der Waals surface area contributed by atoms with Crippen molar-refractivity contribution in [2.45, 2.75) is 56.6 Å². The van der Waals surface area contributed by atoms with Crippen LogP contribution in [0.5, 0.6) is 5.75 Å². The van der Waals surface area contributed by atoms with E-state index in [2.05, 4.69) is 12.2 Å². The van der Waals surface area contributed by atoms with Gasteiger partial charge in [0.25, 0.3) is 5.91 Å². The van der Waals surface area contributed by atoms with Crippen molar-refractivity contribution in [1.29, 1.82) is 0 Å². The molecular weight excluding hydrogens is 338 g/mol. The molecular formula is C19H27NO4S. The maximum atomic E-state index is 12.4. The molecule has 0 aliphatic heterocycles. The van der Waals surface area contributed by atoms with E-state index in [0.29, 0.717) is 17.2 Å². The smallest absolute Gasteiger partial charge is 0.342 e. The second kappa shape index (κ2) is 9.13. The van der Waals surface area contributed by atoms with Gasteiger partial charge in [-0.05, 0) is 50.1 Å². The number of esters is 1. The summed E-state index contributed by atoms with van der Waals surface area (Å²) in [4.78, 5) is 25.8. The van der Waals surface area contributed by atoms with Gasteiger partial charge in [0, 0.05) is 10.9 Å². The molecule has 1 saturated carbocycles. The van der Waals surface area contributed by atoms with Gasteiger partial charge >= 0.3 is 5.97 Å². The molecule has 3 atom stereocenters. The minimum atomic E-state index is -0.841.